The van der Waals surface area contributed by atoms with Gasteiger partial charge in [0.2, 0.25) is 0 Å². The summed E-state index contributed by atoms with van der Waals surface area (Å²) in [5.74, 6) is 0.271. The zero-order valence-electron chi connectivity index (χ0n) is 13.9. The predicted molar refractivity (Wildman–Crippen MR) is 89.7 cm³/mol. The second-order valence-electron chi connectivity index (χ2n) is 5.47. The van der Waals surface area contributed by atoms with Crippen molar-refractivity contribution in [3.05, 3.63) is 42.0 Å². The molecule has 1 saturated heterocycles. The molecule has 1 aliphatic heterocycles. The molecule has 1 aliphatic rings. The van der Waals surface area contributed by atoms with Crippen LogP contribution >= 0.6 is 0 Å². The third-order valence-corrected chi connectivity index (χ3v) is 3.86. The first-order chi connectivity index (χ1) is 12.2. The van der Waals surface area contributed by atoms with Gasteiger partial charge in [0, 0.05) is 13.1 Å². The molecule has 3 rings (SSSR count). The highest BCUT2D eigenvalue weighted by Crippen LogP contribution is 2.18. The van der Waals surface area contributed by atoms with Crippen LogP contribution in [-0.2, 0) is 20.7 Å². The Morgan fingerprint density at radius 2 is 2.08 bits per heavy atom. The number of amides is 1. The number of aromatic nitrogens is 1. The third kappa shape index (κ3) is 4.16. The fourth-order valence-electron chi connectivity index (χ4n) is 2.52. The van der Waals surface area contributed by atoms with Crippen LogP contribution in [0.3, 0.4) is 0 Å². The van der Waals surface area contributed by atoms with Gasteiger partial charge in [0.25, 0.3) is 5.91 Å². The Balaban J connectivity index is 1.65. The number of anilines is 2. The Hall–Kier alpha value is -2.87. The van der Waals surface area contributed by atoms with E-state index in [1.807, 2.05) is 6.07 Å². The number of hydrogen-bond acceptors (Lipinski definition) is 7. The van der Waals surface area contributed by atoms with Crippen LogP contribution < -0.4 is 10.2 Å². The first-order valence-electron chi connectivity index (χ1n) is 7.90. The van der Waals surface area contributed by atoms with E-state index in [9.17, 15) is 9.59 Å². The second kappa shape index (κ2) is 7.80. The maximum absolute atomic E-state index is 12.4. The minimum Gasteiger partial charge on any atom is -0.469 e. The summed E-state index contributed by atoms with van der Waals surface area (Å²) < 4.78 is 15.1. The molecule has 0 aromatic carbocycles. The predicted octanol–water partition coefficient (Wildman–Crippen LogP) is 1.48. The number of methoxy groups -OCH3 is 1. The average Bonchev–Trinajstić information content (AvgIpc) is 3.11. The number of esters is 1. The highest BCUT2D eigenvalue weighted by atomic mass is 16.5. The van der Waals surface area contributed by atoms with Gasteiger partial charge in [-0.15, -0.1) is 0 Å². The van der Waals surface area contributed by atoms with E-state index in [2.05, 4.69) is 19.9 Å². The summed E-state index contributed by atoms with van der Waals surface area (Å²) in [6.45, 7) is 2.96. The van der Waals surface area contributed by atoms with Gasteiger partial charge >= 0.3 is 5.97 Å². The summed E-state index contributed by atoms with van der Waals surface area (Å²) in [6.07, 6.45) is 2.87. The number of furan rings is 1. The number of carbonyl (C=O) groups excluding carboxylic acids is 2. The van der Waals surface area contributed by atoms with Gasteiger partial charge in [0.15, 0.2) is 0 Å². The Kier molecular flexibility index (Phi) is 5.30. The van der Waals surface area contributed by atoms with Crippen molar-refractivity contribution in [3.63, 3.8) is 0 Å². The Bertz CT molecular complexity index is 735. The fourth-order valence-corrected chi connectivity index (χ4v) is 2.52. The molecule has 1 fully saturated rings. The lowest BCUT2D eigenvalue weighted by Gasteiger charge is -2.27. The van der Waals surface area contributed by atoms with Gasteiger partial charge in [-0.25, -0.2) is 4.98 Å². The lowest BCUT2D eigenvalue weighted by molar-refractivity contribution is -0.140. The van der Waals surface area contributed by atoms with Crippen molar-refractivity contribution in [2.24, 2.45) is 0 Å². The van der Waals surface area contributed by atoms with Crippen LogP contribution in [0, 0.1) is 0 Å². The highest BCUT2D eigenvalue weighted by Gasteiger charge is 2.18. The van der Waals surface area contributed by atoms with E-state index in [0.29, 0.717) is 24.5 Å². The normalized spacial score (nSPS) is 14.2. The Morgan fingerprint density at radius 1 is 1.28 bits per heavy atom. The molecule has 132 valence electrons. The molecule has 0 atom stereocenters. The molecule has 0 radical (unpaired) electrons. The molecule has 3 heterocycles. The number of nitrogens with zero attached hydrogens (tertiary/aromatic N) is 2. The minimum atomic E-state index is -0.472. The summed E-state index contributed by atoms with van der Waals surface area (Å²) in [7, 11) is 1.28. The fraction of sp³-hybridized carbons (Fsp3) is 0.353. The maximum atomic E-state index is 12.4. The summed E-state index contributed by atoms with van der Waals surface area (Å²) >= 11 is 0. The molecular weight excluding hydrogens is 326 g/mol. The van der Waals surface area contributed by atoms with Crippen molar-refractivity contribution in [2.75, 3.05) is 43.6 Å². The van der Waals surface area contributed by atoms with E-state index < -0.39 is 5.97 Å². The standard InChI is InChI=1S/C17H19N3O5/c1-23-16(21)10-14-13(4-7-25-14)17(22)19-12-2-3-15(18-11-12)20-5-8-24-9-6-20/h2-4,7,11H,5-6,8-10H2,1H3,(H,19,22). The molecule has 1 amide bonds. The molecule has 2 aromatic rings. The SMILES string of the molecule is COC(=O)Cc1occc1C(=O)Nc1ccc(N2CCOCC2)nc1. The van der Waals surface area contributed by atoms with Gasteiger partial charge in [0.1, 0.15) is 18.0 Å². The quantitative estimate of drug-likeness (QED) is 0.820. The van der Waals surface area contributed by atoms with Gasteiger partial charge in [-0.1, -0.05) is 0 Å². The first kappa shape index (κ1) is 17.0. The van der Waals surface area contributed by atoms with Crippen LogP contribution in [0.25, 0.3) is 0 Å². The molecule has 0 aliphatic carbocycles. The van der Waals surface area contributed by atoms with Gasteiger partial charge in [-0.2, -0.15) is 0 Å². The number of pyridine rings is 1. The molecule has 8 nitrogen and oxygen atoms in total. The lowest BCUT2D eigenvalue weighted by Crippen LogP contribution is -2.36. The summed E-state index contributed by atoms with van der Waals surface area (Å²) in [6, 6.07) is 5.16. The first-order valence-corrected chi connectivity index (χ1v) is 7.90. The molecule has 25 heavy (non-hydrogen) atoms. The van der Waals surface area contributed by atoms with E-state index >= 15 is 0 Å². The number of morpholine rings is 1. The van der Waals surface area contributed by atoms with E-state index in [4.69, 9.17) is 9.15 Å². The largest absolute Gasteiger partial charge is 0.469 e. The summed E-state index contributed by atoms with van der Waals surface area (Å²) in [5.41, 5.74) is 0.856. The van der Waals surface area contributed by atoms with Crippen molar-refractivity contribution in [1.82, 2.24) is 4.98 Å². The van der Waals surface area contributed by atoms with Crippen molar-refractivity contribution in [3.8, 4) is 0 Å². The molecule has 8 heteroatoms. The Labute approximate surface area is 144 Å². The highest BCUT2D eigenvalue weighted by molar-refractivity contribution is 6.05. The number of carbonyl (C=O) groups is 2. The monoisotopic (exact) mass is 345 g/mol. The van der Waals surface area contributed by atoms with Crippen molar-refractivity contribution >= 4 is 23.4 Å². The van der Waals surface area contributed by atoms with Crippen LogP contribution in [0.5, 0.6) is 0 Å². The van der Waals surface area contributed by atoms with E-state index in [1.165, 1.54) is 19.4 Å². The van der Waals surface area contributed by atoms with Crippen LogP contribution in [-0.4, -0.2) is 50.3 Å². The van der Waals surface area contributed by atoms with Crippen LogP contribution in [0.15, 0.2) is 35.1 Å². The maximum Gasteiger partial charge on any atom is 0.313 e. The smallest absolute Gasteiger partial charge is 0.313 e. The van der Waals surface area contributed by atoms with Gasteiger partial charge in [-0.3, -0.25) is 9.59 Å². The number of nitrogens with one attached hydrogen (secondary N) is 1. The molecule has 2 aromatic heterocycles. The van der Waals surface area contributed by atoms with Crippen LogP contribution in [0.2, 0.25) is 0 Å². The van der Waals surface area contributed by atoms with E-state index in [1.54, 1.807) is 12.3 Å². The zero-order valence-corrected chi connectivity index (χ0v) is 13.9. The van der Waals surface area contributed by atoms with Gasteiger partial charge < -0.3 is 24.1 Å². The van der Waals surface area contributed by atoms with E-state index in [-0.39, 0.29) is 18.1 Å². The number of rotatable bonds is 5. The van der Waals surface area contributed by atoms with Crippen LogP contribution in [0.1, 0.15) is 16.1 Å². The second-order valence-corrected chi connectivity index (χ2v) is 5.47. The molecule has 0 bridgehead atoms. The minimum absolute atomic E-state index is 0.0968. The molecule has 0 spiro atoms. The topological polar surface area (TPSA) is 93.9 Å². The molecule has 0 saturated carbocycles. The van der Waals surface area contributed by atoms with Gasteiger partial charge in [-0.05, 0) is 18.2 Å². The van der Waals surface area contributed by atoms with Crippen LogP contribution in [0.4, 0.5) is 11.5 Å². The lowest BCUT2D eigenvalue weighted by atomic mass is 10.2. The average molecular weight is 345 g/mol. The van der Waals surface area contributed by atoms with Crippen molar-refractivity contribution in [1.29, 1.82) is 0 Å². The molecule has 0 unspecified atom stereocenters. The Morgan fingerprint density at radius 3 is 2.76 bits per heavy atom. The molecule has 1 N–H and O–H groups in total. The third-order valence-electron chi connectivity index (χ3n) is 3.86. The van der Waals surface area contributed by atoms with Gasteiger partial charge in [0.05, 0.1) is 44.0 Å². The zero-order chi connectivity index (χ0) is 17.6. The molecular formula is C17H19N3O5. The number of ether oxygens (including phenoxy) is 2. The summed E-state index contributed by atoms with van der Waals surface area (Å²) in [5, 5.41) is 2.75. The number of hydrogen-bond donors (Lipinski definition) is 1. The van der Waals surface area contributed by atoms with Crippen molar-refractivity contribution < 1.29 is 23.5 Å². The van der Waals surface area contributed by atoms with E-state index in [0.717, 1.165) is 18.9 Å². The van der Waals surface area contributed by atoms with Crippen molar-refractivity contribution in [2.45, 2.75) is 6.42 Å². The summed E-state index contributed by atoms with van der Waals surface area (Å²) in [4.78, 5) is 30.2.